The SMILES string of the molecule is O=C(O)C1CN(C(=O)OCC2c3ccccc3-c3ccccc32)CCC1(F)F. The lowest BCUT2D eigenvalue weighted by molar-refractivity contribution is -0.165. The van der Waals surface area contributed by atoms with Crippen molar-refractivity contribution in [1.29, 1.82) is 0 Å². The van der Waals surface area contributed by atoms with Crippen LogP contribution in [0.3, 0.4) is 0 Å². The first-order valence-corrected chi connectivity index (χ1v) is 9.09. The number of ether oxygens (including phenoxy) is 1. The molecule has 1 heterocycles. The highest BCUT2D eigenvalue weighted by Gasteiger charge is 2.49. The summed E-state index contributed by atoms with van der Waals surface area (Å²) < 4.78 is 32.9. The van der Waals surface area contributed by atoms with Crippen molar-refractivity contribution in [2.75, 3.05) is 19.7 Å². The van der Waals surface area contributed by atoms with Gasteiger partial charge in [-0.1, -0.05) is 48.5 Å². The van der Waals surface area contributed by atoms with Gasteiger partial charge in [-0.05, 0) is 22.3 Å². The van der Waals surface area contributed by atoms with E-state index in [1.807, 2.05) is 48.5 Å². The Morgan fingerprint density at radius 3 is 2.21 bits per heavy atom. The summed E-state index contributed by atoms with van der Waals surface area (Å²) in [6, 6.07) is 15.7. The van der Waals surface area contributed by atoms with Crippen molar-refractivity contribution in [2.24, 2.45) is 5.92 Å². The van der Waals surface area contributed by atoms with E-state index < -0.39 is 36.9 Å². The molecule has 1 N–H and O–H groups in total. The number of carbonyl (C=O) groups is 2. The van der Waals surface area contributed by atoms with Crippen LogP contribution >= 0.6 is 0 Å². The van der Waals surface area contributed by atoms with E-state index >= 15 is 0 Å². The number of alkyl halides is 2. The Kier molecular flexibility index (Phi) is 4.53. The van der Waals surface area contributed by atoms with Gasteiger partial charge in [0.1, 0.15) is 12.5 Å². The minimum atomic E-state index is -3.33. The molecule has 1 atom stereocenters. The first-order valence-electron chi connectivity index (χ1n) is 9.09. The van der Waals surface area contributed by atoms with Gasteiger partial charge in [-0.2, -0.15) is 0 Å². The molecule has 1 unspecified atom stereocenters. The van der Waals surface area contributed by atoms with E-state index in [2.05, 4.69) is 0 Å². The van der Waals surface area contributed by atoms with Crippen molar-refractivity contribution in [3.8, 4) is 11.1 Å². The van der Waals surface area contributed by atoms with Crippen LogP contribution in [0.2, 0.25) is 0 Å². The minimum Gasteiger partial charge on any atom is -0.481 e. The zero-order valence-corrected chi connectivity index (χ0v) is 15.0. The molecule has 146 valence electrons. The summed E-state index contributed by atoms with van der Waals surface area (Å²) in [5, 5.41) is 9.04. The summed E-state index contributed by atoms with van der Waals surface area (Å²) >= 11 is 0. The average Bonchev–Trinajstić information content (AvgIpc) is 2.99. The van der Waals surface area contributed by atoms with E-state index in [0.29, 0.717) is 0 Å². The van der Waals surface area contributed by atoms with Crippen LogP contribution in [0.5, 0.6) is 0 Å². The van der Waals surface area contributed by atoms with Gasteiger partial charge >= 0.3 is 12.1 Å². The highest BCUT2D eigenvalue weighted by atomic mass is 19.3. The first-order chi connectivity index (χ1) is 13.4. The number of benzene rings is 2. The molecule has 0 radical (unpaired) electrons. The van der Waals surface area contributed by atoms with Gasteiger partial charge in [-0.3, -0.25) is 4.79 Å². The quantitative estimate of drug-likeness (QED) is 0.865. The van der Waals surface area contributed by atoms with Crippen LogP contribution in [0, 0.1) is 5.92 Å². The Labute approximate surface area is 160 Å². The number of aliphatic carboxylic acids is 1. The average molecular weight is 387 g/mol. The second-order valence-electron chi connectivity index (χ2n) is 7.15. The third kappa shape index (κ3) is 3.10. The number of carboxylic acid groups (broad SMARTS) is 1. The lowest BCUT2D eigenvalue weighted by atomic mass is 9.94. The van der Waals surface area contributed by atoms with Crippen molar-refractivity contribution in [1.82, 2.24) is 4.90 Å². The fraction of sp³-hybridized carbons (Fsp3) is 0.333. The maximum atomic E-state index is 13.8. The second-order valence-corrected chi connectivity index (χ2v) is 7.15. The maximum Gasteiger partial charge on any atom is 0.409 e. The zero-order valence-electron chi connectivity index (χ0n) is 15.0. The molecule has 0 bridgehead atoms. The van der Waals surface area contributed by atoms with Crippen LogP contribution in [0.1, 0.15) is 23.5 Å². The Hall–Kier alpha value is -2.96. The molecule has 2 aromatic rings. The van der Waals surface area contributed by atoms with E-state index in [1.54, 1.807) is 0 Å². The number of halogens is 2. The Balaban J connectivity index is 1.48. The van der Waals surface area contributed by atoms with Crippen LogP contribution in [0.15, 0.2) is 48.5 Å². The molecule has 4 rings (SSSR count). The molecule has 7 heteroatoms. The smallest absolute Gasteiger partial charge is 0.409 e. The normalized spacial score (nSPS) is 20.4. The number of amides is 1. The summed E-state index contributed by atoms with van der Waals surface area (Å²) in [4.78, 5) is 24.6. The van der Waals surface area contributed by atoms with Gasteiger partial charge in [0, 0.05) is 25.4 Å². The lowest BCUT2D eigenvalue weighted by Crippen LogP contribution is -2.52. The summed E-state index contributed by atoms with van der Waals surface area (Å²) in [5.41, 5.74) is 4.26. The van der Waals surface area contributed by atoms with E-state index in [-0.39, 0.29) is 19.1 Å². The number of hydrogen-bond donors (Lipinski definition) is 1. The molecule has 0 saturated carbocycles. The van der Waals surface area contributed by atoms with Crippen LogP contribution in [0.4, 0.5) is 13.6 Å². The van der Waals surface area contributed by atoms with Gasteiger partial charge in [-0.25, -0.2) is 13.6 Å². The number of likely N-dealkylation sites (tertiary alicyclic amines) is 1. The molecule has 2 aromatic carbocycles. The first kappa shape index (κ1) is 18.4. The molecule has 1 saturated heterocycles. The van der Waals surface area contributed by atoms with Gasteiger partial charge in [0.05, 0.1) is 0 Å². The number of hydrogen-bond acceptors (Lipinski definition) is 3. The lowest BCUT2D eigenvalue weighted by Gasteiger charge is -2.35. The van der Waals surface area contributed by atoms with Gasteiger partial charge in [0.15, 0.2) is 0 Å². The molecular formula is C21H19F2NO4. The van der Waals surface area contributed by atoms with Crippen LogP contribution < -0.4 is 0 Å². The van der Waals surface area contributed by atoms with Crippen molar-refractivity contribution < 1.29 is 28.2 Å². The fourth-order valence-corrected chi connectivity index (χ4v) is 4.01. The van der Waals surface area contributed by atoms with Crippen molar-refractivity contribution in [2.45, 2.75) is 18.3 Å². The zero-order chi connectivity index (χ0) is 19.9. The number of carbonyl (C=O) groups excluding carboxylic acids is 1. The van der Waals surface area contributed by atoms with Crippen molar-refractivity contribution in [3.63, 3.8) is 0 Å². The molecular weight excluding hydrogens is 368 g/mol. The molecule has 2 aliphatic rings. The Bertz CT molecular complexity index is 885. The molecule has 1 amide bonds. The second kappa shape index (κ2) is 6.89. The third-order valence-corrected chi connectivity index (χ3v) is 5.52. The van der Waals surface area contributed by atoms with Crippen molar-refractivity contribution in [3.05, 3.63) is 59.7 Å². The molecule has 1 fully saturated rings. The van der Waals surface area contributed by atoms with E-state index in [1.165, 1.54) is 0 Å². The van der Waals surface area contributed by atoms with Gasteiger partial charge < -0.3 is 14.7 Å². The highest BCUT2D eigenvalue weighted by molar-refractivity contribution is 5.79. The topological polar surface area (TPSA) is 66.8 Å². The molecule has 1 aliphatic heterocycles. The predicted molar refractivity (Wildman–Crippen MR) is 97.3 cm³/mol. The summed E-state index contributed by atoms with van der Waals surface area (Å²) in [7, 11) is 0. The van der Waals surface area contributed by atoms with E-state index in [4.69, 9.17) is 9.84 Å². The molecule has 0 aromatic heterocycles. The maximum absolute atomic E-state index is 13.8. The van der Waals surface area contributed by atoms with Gasteiger partial charge in [0.25, 0.3) is 5.92 Å². The van der Waals surface area contributed by atoms with E-state index in [9.17, 15) is 18.4 Å². The predicted octanol–water partition coefficient (Wildman–Crippen LogP) is 3.98. The minimum absolute atomic E-state index is 0.0670. The Morgan fingerprint density at radius 2 is 1.64 bits per heavy atom. The highest BCUT2D eigenvalue weighted by Crippen LogP contribution is 2.44. The summed E-state index contributed by atoms with van der Waals surface area (Å²) in [6.07, 6.45) is -1.45. The number of carboxylic acids is 1. The standard InChI is InChI=1S/C21H19F2NO4/c22-21(23)9-10-24(11-18(21)19(25)26)20(27)28-12-17-15-7-3-1-5-13(15)14-6-2-4-8-16(14)17/h1-8,17-18H,9-12H2,(H,25,26). The Morgan fingerprint density at radius 1 is 1.07 bits per heavy atom. The molecule has 1 aliphatic carbocycles. The van der Waals surface area contributed by atoms with Crippen molar-refractivity contribution >= 4 is 12.1 Å². The van der Waals surface area contributed by atoms with Crippen LogP contribution in [-0.4, -0.2) is 47.7 Å². The molecule has 28 heavy (non-hydrogen) atoms. The fourth-order valence-electron chi connectivity index (χ4n) is 4.01. The molecule has 0 spiro atoms. The van der Waals surface area contributed by atoms with Crippen LogP contribution in [-0.2, 0) is 9.53 Å². The third-order valence-electron chi connectivity index (χ3n) is 5.52. The van der Waals surface area contributed by atoms with E-state index in [0.717, 1.165) is 27.2 Å². The monoisotopic (exact) mass is 387 g/mol. The summed E-state index contributed by atoms with van der Waals surface area (Å²) in [5.74, 6) is -6.99. The number of rotatable bonds is 3. The largest absolute Gasteiger partial charge is 0.481 e. The van der Waals surface area contributed by atoms with Crippen LogP contribution in [0.25, 0.3) is 11.1 Å². The number of nitrogens with zero attached hydrogens (tertiary/aromatic N) is 1. The number of piperidine rings is 1. The summed E-state index contributed by atoms with van der Waals surface area (Å²) in [6.45, 7) is -0.718. The van der Waals surface area contributed by atoms with Gasteiger partial charge in [-0.15, -0.1) is 0 Å². The molecule has 5 nitrogen and oxygen atoms in total. The number of fused-ring (bicyclic) bond motifs is 3. The van der Waals surface area contributed by atoms with Gasteiger partial charge in [0.2, 0.25) is 0 Å².